The molecule has 1 amide bonds. The van der Waals surface area contributed by atoms with Crippen molar-refractivity contribution >= 4 is 11.8 Å². The SMILES string of the molecule is COc1ccc2c(n1)[C@H](NC(=O)O)[C@@H](C)[C@H](C1CC1)N2. The third-order valence-corrected chi connectivity index (χ3v) is 4.23. The Morgan fingerprint density at radius 3 is 2.85 bits per heavy atom. The minimum Gasteiger partial charge on any atom is -0.481 e. The van der Waals surface area contributed by atoms with Crippen LogP contribution in [0.25, 0.3) is 0 Å². The van der Waals surface area contributed by atoms with Crippen molar-refractivity contribution in [3.8, 4) is 5.88 Å². The second-order valence-corrected chi connectivity index (χ2v) is 5.58. The molecule has 2 aliphatic rings. The summed E-state index contributed by atoms with van der Waals surface area (Å²) in [5.41, 5.74) is 1.62. The maximum Gasteiger partial charge on any atom is 0.405 e. The topological polar surface area (TPSA) is 83.5 Å². The van der Waals surface area contributed by atoms with E-state index in [1.807, 2.05) is 6.07 Å². The van der Waals surface area contributed by atoms with Crippen molar-refractivity contribution in [1.29, 1.82) is 0 Å². The summed E-state index contributed by atoms with van der Waals surface area (Å²) in [6, 6.07) is 3.71. The quantitative estimate of drug-likeness (QED) is 0.789. The van der Waals surface area contributed by atoms with E-state index in [9.17, 15) is 4.79 Å². The Kier molecular flexibility index (Phi) is 3.16. The molecule has 3 rings (SSSR count). The number of methoxy groups -OCH3 is 1. The number of hydrogen-bond donors (Lipinski definition) is 3. The van der Waals surface area contributed by atoms with Crippen LogP contribution >= 0.6 is 0 Å². The Morgan fingerprint density at radius 2 is 2.25 bits per heavy atom. The molecule has 6 heteroatoms. The lowest BCUT2D eigenvalue weighted by Crippen LogP contribution is -2.45. The lowest BCUT2D eigenvalue weighted by atomic mass is 9.84. The molecule has 0 unspecified atom stereocenters. The number of rotatable bonds is 3. The van der Waals surface area contributed by atoms with Gasteiger partial charge in [0, 0.05) is 18.0 Å². The van der Waals surface area contributed by atoms with E-state index in [2.05, 4.69) is 22.5 Å². The highest BCUT2D eigenvalue weighted by molar-refractivity contribution is 5.67. The highest BCUT2D eigenvalue weighted by Gasteiger charge is 2.43. The molecule has 108 valence electrons. The van der Waals surface area contributed by atoms with Gasteiger partial charge in [0.25, 0.3) is 0 Å². The average molecular weight is 277 g/mol. The number of nitrogens with one attached hydrogen (secondary N) is 2. The van der Waals surface area contributed by atoms with Gasteiger partial charge in [0.15, 0.2) is 0 Å². The zero-order valence-corrected chi connectivity index (χ0v) is 11.6. The molecule has 0 bridgehead atoms. The van der Waals surface area contributed by atoms with E-state index in [-0.39, 0.29) is 12.0 Å². The molecule has 1 aromatic rings. The molecule has 1 aliphatic carbocycles. The van der Waals surface area contributed by atoms with Crippen molar-refractivity contribution in [2.45, 2.75) is 31.8 Å². The largest absolute Gasteiger partial charge is 0.481 e. The first-order valence-electron chi connectivity index (χ1n) is 6.91. The van der Waals surface area contributed by atoms with Crippen molar-refractivity contribution in [2.24, 2.45) is 11.8 Å². The van der Waals surface area contributed by atoms with Crippen molar-refractivity contribution in [2.75, 3.05) is 12.4 Å². The Labute approximate surface area is 117 Å². The van der Waals surface area contributed by atoms with Crippen molar-refractivity contribution in [1.82, 2.24) is 10.3 Å². The molecule has 20 heavy (non-hydrogen) atoms. The van der Waals surface area contributed by atoms with E-state index in [0.29, 0.717) is 17.8 Å². The van der Waals surface area contributed by atoms with Crippen LogP contribution in [-0.2, 0) is 0 Å². The maximum atomic E-state index is 11.1. The number of pyridine rings is 1. The van der Waals surface area contributed by atoms with Crippen LogP contribution in [0.1, 0.15) is 31.5 Å². The molecule has 1 saturated carbocycles. The number of amides is 1. The number of ether oxygens (including phenoxy) is 1. The van der Waals surface area contributed by atoms with Crippen LogP contribution in [0.5, 0.6) is 5.88 Å². The number of carboxylic acid groups (broad SMARTS) is 1. The zero-order chi connectivity index (χ0) is 14.3. The second-order valence-electron chi connectivity index (χ2n) is 5.58. The molecular weight excluding hydrogens is 258 g/mol. The lowest BCUT2D eigenvalue weighted by molar-refractivity contribution is 0.180. The van der Waals surface area contributed by atoms with Gasteiger partial charge in [0.2, 0.25) is 5.88 Å². The summed E-state index contributed by atoms with van der Waals surface area (Å²) in [5, 5.41) is 15.2. The summed E-state index contributed by atoms with van der Waals surface area (Å²) in [7, 11) is 1.56. The lowest BCUT2D eigenvalue weighted by Gasteiger charge is -2.38. The zero-order valence-electron chi connectivity index (χ0n) is 11.6. The fraction of sp³-hybridized carbons (Fsp3) is 0.571. The smallest absolute Gasteiger partial charge is 0.405 e. The molecule has 6 nitrogen and oxygen atoms in total. The summed E-state index contributed by atoms with van der Waals surface area (Å²) in [6.07, 6.45) is 1.40. The average Bonchev–Trinajstić information content (AvgIpc) is 3.25. The monoisotopic (exact) mass is 277 g/mol. The third kappa shape index (κ3) is 2.26. The summed E-state index contributed by atoms with van der Waals surface area (Å²) in [6.45, 7) is 2.07. The number of hydrogen-bond acceptors (Lipinski definition) is 4. The van der Waals surface area contributed by atoms with E-state index < -0.39 is 6.09 Å². The Balaban J connectivity index is 1.98. The molecule has 0 aromatic carbocycles. The van der Waals surface area contributed by atoms with Crippen LogP contribution in [0.4, 0.5) is 10.5 Å². The van der Waals surface area contributed by atoms with Gasteiger partial charge in [0.1, 0.15) is 0 Å². The van der Waals surface area contributed by atoms with Crippen LogP contribution < -0.4 is 15.4 Å². The van der Waals surface area contributed by atoms with Crippen LogP contribution in [0.15, 0.2) is 12.1 Å². The van der Waals surface area contributed by atoms with Crippen molar-refractivity contribution in [3.05, 3.63) is 17.8 Å². The summed E-state index contributed by atoms with van der Waals surface area (Å²) < 4.78 is 5.14. The van der Waals surface area contributed by atoms with Crippen molar-refractivity contribution in [3.63, 3.8) is 0 Å². The van der Waals surface area contributed by atoms with Crippen LogP contribution in [-0.4, -0.2) is 29.3 Å². The molecule has 0 saturated heterocycles. The predicted molar refractivity (Wildman–Crippen MR) is 74.0 cm³/mol. The molecule has 1 aromatic heterocycles. The highest BCUT2D eigenvalue weighted by Crippen LogP contribution is 2.45. The fourth-order valence-corrected chi connectivity index (χ4v) is 3.03. The Hall–Kier alpha value is -1.98. The van der Waals surface area contributed by atoms with E-state index in [4.69, 9.17) is 9.84 Å². The highest BCUT2D eigenvalue weighted by atomic mass is 16.5. The molecule has 3 N–H and O–H groups in total. The number of fused-ring (bicyclic) bond motifs is 1. The minimum atomic E-state index is -1.02. The predicted octanol–water partition coefficient (Wildman–Crippen LogP) is 2.24. The van der Waals surface area contributed by atoms with Crippen LogP contribution in [0.2, 0.25) is 0 Å². The van der Waals surface area contributed by atoms with Gasteiger partial charge in [-0.1, -0.05) is 6.92 Å². The fourth-order valence-electron chi connectivity index (χ4n) is 3.03. The van der Waals surface area contributed by atoms with Gasteiger partial charge in [-0.05, 0) is 24.8 Å². The van der Waals surface area contributed by atoms with E-state index in [1.54, 1.807) is 13.2 Å². The number of carbonyl (C=O) groups is 1. The van der Waals surface area contributed by atoms with Crippen LogP contribution in [0, 0.1) is 11.8 Å². The van der Waals surface area contributed by atoms with Gasteiger partial charge in [-0.3, -0.25) is 0 Å². The molecular formula is C14H19N3O3. The van der Waals surface area contributed by atoms with Gasteiger partial charge in [-0.15, -0.1) is 0 Å². The second kappa shape index (κ2) is 4.85. The van der Waals surface area contributed by atoms with E-state index in [0.717, 1.165) is 11.4 Å². The van der Waals surface area contributed by atoms with Crippen LogP contribution in [0.3, 0.4) is 0 Å². The Morgan fingerprint density at radius 1 is 1.50 bits per heavy atom. The van der Waals surface area contributed by atoms with Gasteiger partial charge >= 0.3 is 6.09 Å². The number of nitrogens with zero attached hydrogens (tertiary/aromatic N) is 1. The van der Waals surface area contributed by atoms with Crippen molar-refractivity contribution < 1.29 is 14.6 Å². The van der Waals surface area contributed by atoms with E-state index in [1.165, 1.54) is 12.8 Å². The van der Waals surface area contributed by atoms with Gasteiger partial charge in [-0.2, -0.15) is 0 Å². The molecule has 1 fully saturated rings. The number of aromatic nitrogens is 1. The summed E-state index contributed by atoms with van der Waals surface area (Å²) in [4.78, 5) is 15.5. The summed E-state index contributed by atoms with van der Waals surface area (Å²) in [5.74, 6) is 1.30. The van der Waals surface area contributed by atoms with Gasteiger partial charge in [-0.25, -0.2) is 9.78 Å². The molecule has 2 heterocycles. The summed E-state index contributed by atoms with van der Waals surface area (Å²) >= 11 is 0. The minimum absolute atomic E-state index is 0.158. The van der Waals surface area contributed by atoms with Gasteiger partial charge < -0.3 is 20.5 Å². The maximum absolute atomic E-state index is 11.1. The first-order chi connectivity index (χ1) is 9.60. The standard InChI is InChI=1S/C14H19N3O3/c1-7-11(8-3-4-8)15-9-5-6-10(20-2)16-13(9)12(7)17-14(18)19/h5-8,11-12,15,17H,3-4H2,1-2H3,(H,18,19)/t7-,11+,12+/m0/s1. The van der Waals surface area contributed by atoms with E-state index >= 15 is 0 Å². The normalized spacial score (nSPS) is 28.2. The molecule has 3 atom stereocenters. The molecule has 0 spiro atoms. The molecule has 1 aliphatic heterocycles. The first-order valence-corrected chi connectivity index (χ1v) is 6.91. The Bertz CT molecular complexity index is 530. The third-order valence-electron chi connectivity index (χ3n) is 4.23. The molecule has 0 radical (unpaired) electrons. The van der Waals surface area contributed by atoms with Gasteiger partial charge in [0.05, 0.1) is 24.5 Å². The number of anilines is 1. The first kappa shape index (κ1) is 13.0.